The number of ether oxygens (including phenoxy) is 2. The fraction of sp³-hybridized carbons (Fsp3) is 0.438. The highest BCUT2D eigenvalue weighted by Crippen LogP contribution is 2.29. The zero-order valence-corrected chi connectivity index (χ0v) is 15.0. The van der Waals surface area contributed by atoms with E-state index in [-0.39, 0.29) is 28.5 Å². The van der Waals surface area contributed by atoms with Gasteiger partial charge in [0.15, 0.2) is 5.70 Å². The Kier molecular flexibility index (Phi) is 9.03. The Morgan fingerprint density at radius 2 is 1.81 bits per heavy atom. The summed E-state index contributed by atoms with van der Waals surface area (Å²) in [6, 6.07) is 5.40. The van der Waals surface area contributed by atoms with Gasteiger partial charge >= 0.3 is 12.3 Å². The number of hydrazine groups is 1. The number of hydrogen-bond donors (Lipinski definition) is 4. The van der Waals surface area contributed by atoms with Crippen molar-refractivity contribution in [3.63, 3.8) is 0 Å². The molecule has 1 saturated carbocycles. The number of rotatable bonds is 5. The number of aliphatic carboxylic acids is 1. The molecule has 6 N–H and O–H groups in total. The summed E-state index contributed by atoms with van der Waals surface area (Å²) in [4.78, 5) is 10.7. The summed E-state index contributed by atoms with van der Waals surface area (Å²) in [6.45, 7) is 0. The van der Waals surface area contributed by atoms with E-state index < -0.39 is 12.3 Å². The van der Waals surface area contributed by atoms with Gasteiger partial charge in [-0.2, -0.15) is 0 Å². The molecule has 0 unspecified atom stereocenters. The van der Waals surface area contributed by atoms with E-state index in [0.717, 1.165) is 31.7 Å². The van der Waals surface area contributed by atoms with Crippen LogP contribution in [0.5, 0.6) is 5.75 Å². The number of carbonyl (C=O) groups is 1. The lowest BCUT2D eigenvalue weighted by Gasteiger charge is -2.23. The first-order chi connectivity index (χ1) is 12.6. The Hall–Kier alpha value is -2.33. The minimum atomic E-state index is -4.69. The molecule has 11 heteroatoms. The van der Waals surface area contributed by atoms with Gasteiger partial charge in [-0.3, -0.25) is 5.84 Å². The SMILES string of the molecule is FC(F)(F)Oc1ccccc1Cl.NN/C(C(=O)O)=C(\N)OC1CCCCC1. The maximum Gasteiger partial charge on any atom is 0.573 e. The predicted molar refractivity (Wildman–Crippen MR) is 92.3 cm³/mol. The summed E-state index contributed by atoms with van der Waals surface area (Å²) in [5.74, 6) is 3.29. The summed E-state index contributed by atoms with van der Waals surface area (Å²) < 4.78 is 43.9. The average Bonchev–Trinajstić information content (AvgIpc) is 2.57. The van der Waals surface area contributed by atoms with Crippen molar-refractivity contribution in [2.24, 2.45) is 11.6 Å². The van der Waals surface area contributed by atoms with Crippen LogP contribution in [0.25, 0.3) is 0 Å². The molecule has 0 radical (unpaired) electrons. The van der Waals surface area contributed by atoms with Gasteiger partial charge in [-0.25, -0.2) is 4.79 Å². The Morgan fingerprint density at radius 3 is 2.30 bits per heavy atom. The average molecular weight is 412 g/mol. The van der Waals surface area contributed by atoms with Crippen LogP contribution >= 0.6 is 11.6 Å². The van der Waals surface area contributed by atoms with Gasteiger partial charge in [-0.15, -0.1) is 13.2 Å². The minimum Gasteiger partial charge on any atom is -0.476 e. The van der Waals surface area contributed by atoms with Crippen molar-refractivity contribution in [2.45, 2.75) is 44.6 Å². The molecule has 7 nitrogen and oxygen atoms in total. The molecule has 152 valence electrons. The van der Waals surface area contributed by atoms with E-state index in [0.29, 0.717) is 0 Å². The van der Waals surface area contributed by atoms with Gasteiger partial charge in [0.05, 0.1) is 5.02 Å². The first-order valence-electron chi connectivity index (χ1n) is 8.00. The summed E-state index contributed by atoms with van der Waals surface area (Å²) in [7, 11) is 0. The Labute approximate surface area is 159 Å². The second-order valence-electron chi connectivity index (χ2n) is 5.54. The van der Waals surface area contributed by atoms with Crippen LogP contribution in [-0.2, 0) is 9.53 Å². The molecule has 0 heterocycles. The van der Waals surface area contributed by atoms with E-state index in [1.165, 1.54) is 24.6 Å². The van der Waals surface area contributed by atoms with Crippen LogP contribution in [0, 0.1) is 0 Å². The van der Waals surface area contributed by atoms with Crippen LogP contribution in [0.2, 0.25) is 5.02 Å². The van der Waals surface area contributed by atoms with Gasteiger partial charge in [-0.1, -0.05) is 30.2 Å². The highest BCUT2D eigenvalue weighted by Gasteiger charge is 2.31. The quantitative estimate of drug-likeness (QED) is 0.254. The van der Waals surface area contributed by atoms with Crippen LogP contribution in [0.15, 0.2) is 35.8 Å². The molecule has 0 saturated heterocycles. The number of para-hydroxylation sites is 1. The van der Waals surface area contributed by atoms with E-state index in [1.54, 1.807) is 0 Å². The molecule has 0 spiro atoms. The third-order valence-corrected chi connectivity index (χ3v) is 3.83. The highest BCUT2D eigenvalue weighted by molar-refractivity contribution is 6.32. The number of nitrogens with two attached hydrogens (primary N) is 2. The monoisotopic (exact) mass is 411 g/mol. The molecular formula is C16H21ClF3N3O4. The molecule has 0 bridgehead atoms. The van der Waals surface area contributed by atoms with Gasteiger partial charge in [0.1, 0.15) is 11.9 Å². The van der Waals surface area contributed by atoms with Crippen molar-refractivity contribution in [2.75, 3.05) is 0 Å². The number of benzene rings is 1. The maximum absolute atomic E-state index is 11.6. The molecule has 27 heavy (non-hydrogen) atoms. The molecule has 0 aromatic heterocycles. The molecule has 1 aliphatic rings. The van der Waals surface area contributed by atoms with Gasteiger partial charge in [-0.05, 0) is 37.8 Å². The first kappa shape index (κ1) is 22.7. The van der Waals surface area contributed by atoms with Crippen LogP contribution in [0.3, 0.4) is 0 Å². The van der Waals surface area contributed by atoms with Crippen LogP contribution in [0.1, 0.15) is 32.1 Å². The number of carboxylic acid groups (broad SMARTS) is 1. The molecule has 0 atom stereocenters. The molecular weight excluding hydrogens is 391 g/mol. The smallest absolute Gasteiger partial charge is 0.476 e. The highest BCUT2D eigenvalue weighted by atomic mass is 35.5. The van der Waals surface area contributed by atoms with E-state index in [2.05, 4.69) is 4.74 Å². The topological polar surface area (TPSA) is 120 Å². The fourth-order valence-corrected chi connectivity index (χ4v) is 2.49. The molecule has 0 aliphatic heterocycles. The first-order valence-corrected chi connectivity index (χ1v) is 8.38. The van der Waals surface area contributed by atoms with Gasteiger partial charge < -0.3 is 25.7 Å². The third-order valence-electron chi connectivity index (χ3n) is 3.51. The molecule has 2 rings (SSSR count). The number of carboxylic acids is 1. The molecule has 0 amide bonds. The van der Waals surface area contributed by atoms with E-state index >= 15 is 0 Å². The predicted octanol–water partition coefficient (Wildman–Crippen LogP) is 3.25. The summed E-state index contributed by atoms with van der Waals surface area (Å²) in [6.07, 6.45) is 0.542. The zero-order chi connectivity index (χ0) is 20.4. The lowest BCUT2D eigenvalue weighted by molar-refractivity contribution is -0.274. The second kappa shape index (κ2) is 10.7. The van der Waals surface area contributed by atoms with Gasteiger partial charge in [0, 0.05) is 0 Å². The third kappa shape index (κ3) is 8.74. The Balaban J connectivity index is 0.000000277. The van der Waals surface area contributed by atoms with Crippen molar-refractivity contribution in [3.8, 4) is 5.75 Å². The van der Waals surface area contributed by atoms with E-state index in [4.69, 9.17) is 33.0 Å². The molecule has 1 fully saturated rings. The molecule has 1 aromatic rings. The summed E-state index contributed by atoms with van der Waals surface area (Å²) in [5.41, 5.74) is 7.22. The van der Waals surface area contributed by atoms with Crippen LogP contribution in [-0.4, -0.2) is 23.5 Å². The lowest BCUT2D eigenvalue weighted by Crippen LogP contribution is -2.32. The maximum atomic E-state index is 11.6. The van der Waals surface area contributed by atoms with Crippen molar-refractivity contribution in [3.05, 3.63) is 40.9 Å². The normalized spacial score (nSPS) is 15.7. The molecule has 1 aromatic carbocycles. The van der Waals surface area contributed by atoms with Gasteiger partial charge in [0.2, 0.25) is 5.88 Å². The lowest BCUT2D eigenvalue weighted by atomic mass is 9.98. The van der Waals surface area contributed by atoms with Crippen LogP contribution in [0.4, 0.5) is 13.2 Å². The Bertz CT molecular complexity index is 650. The summed E-state index contributed by atoms with van der Waals surface area (Å²) >= 11 is 5.41. The standard InChI is InChI=1S/C9H17N3O3.C7H4ClF3O/c10-8(7(12-11)9(13)14)15-6-4-2-1-3-5-6;8-5-3-1-2-4-6(5)12-7(9,10)11/h6,12H,1-5,10-11H2,(H,13,14);1-4H/b8-7+;. The number of halogens is 4. The van der Waals surface area contributed by atoms with Crippen molar-refractivity contribution >= 4 is 17.6 Å². The minimum absolute atomic E-state index is 0.0152. The van der Waals surface area contributed by atoms with Crippen molar-refractivity contribution in [1.82, 2.24) is 5.43 Å². The molecule has 1 aliphatic carbocycles. The Morgan fingerprint density at radius 1 is 1.22 bits per heavy atom. The number of nitrogens with one attached hydrogen (secondary N) is 1. The van der Waals surface area contributed by atoms with Crippen molar-refractivity contribution < 1.29 is 32.5 Å². The fourth-order valence-electron chi connectivity index (χ4n) is 2.31. The van der Waals surface area contributed by atoms with Crippen LogP contribution < -0.4 is 21.7 Å². The number of alkyl halides is 3. The zero-order valence-electron chi connectivity index (χ0n) is 14.3. The second-order valence-corrected chi connectivity index (χ2v) is 5.95. The van der Waals surface area contributed by atoms with E-state index in [9.17, 15) is 18.0 Å². The number of hydrogen-bond acceptors (Lipinski definition) is 6. The van der Waals surface area contributed by atoms with Gasteiger partial charge in [0.25, 0.3) is 0 Å². The largest absolute Gasteiger partial charge is 0.573 e. The van der Waals surface area contributed by atoms with E-state index in [1.807, 2.05) is 5.43 Å². The summed E-state index contributed by atoms with van der Waals surface area (Å²) in [5, 5.41) is 8.65. The van der Waals surface area contributed by atoms with Crippen molar-refractivity contribution in [1.29, 1.82) is 0 Å².